The summed E-state index contributed by atoms with van der Waals surface area (Å²) in [6.07, 6.45) is 3.32. The molecule has 1 aromatic heterocycles. The van der Waals surface area contributed by atoms with Crippen molar-refractivity contribution in [2.24, 2.45) is 0 Å². The zero-order valence-corrected chi connectivity index (χ0v) is 17.2. The summed E-state index contributed by atoms with van der Waals surface area (Å²) >= 11 is 0. The Morgan fingerprint density at radius 2 is 1.77 bits per heavy atom. The Balaban J connectivity index is 1.69. The fourth-order valence-electron chi connectivity index (χ4n) is 2.95. The van der Waals surface area contributed by atoms with Gasteiger partial charge in [0, 0.05) is 25.5 Å². The predicted molar refractivity (Wildman–Crippen MR) is 114 cm³/mol. The van der Waals surface area contributed by atoms with Crippen LogP contribution in [0, 0.1) is 5.82 Å². The van der Waals surface area contributed by atoms with Gasteiger partial charge in [0.05, 0.1) is 0 Å². The topological polar surface area (TPSA) is 71.5 Å². The molecule has 0 saturated heterocycles. The number of aromatic nitrogens is 1. The maximum Gasteiger partial charge on any atom is 0.261 e. The molecule has 2 amide bonds. The van der Waals surface area contributed by atoms with E-state index in [0.717, 1.165) is 5.56 Å². The minimum absolute atomic E-state index is 0.152. The molecule has 0 radical (unpaired) electrons. The number of hydrogen-bond donors (Lipinski definition) is 1. The lowest BCUT2D eigenvalue weighted by molar-refractivity contribution is -0.142. The Hall–Kier alpha value is -3.74. The molecule has 7 heteroatoms. The van der Waals surface area contributed by atoms with Crippen LogP contribution < -0.4 is 10.1 Å². The van der Waals surface area contributed by atoms with Crippen LogP contribution in [0.1, 0.15) is 18.1 Å². The molecule has 0 aliphatic carbocycles. The molecule has 31 heavy (non-hydrogen) atoms. The minimum atomic E-state index is -0.756. The van der Waals surface area contributed by atoms with Crippen LogP contribution in [0.25, 0.3) is 0 Å². The van der Waals surface area contributed by atoms with Gasteiger partial charge in [0.25, 0.3) is 5.91 Å². The highest BCUT2D eigenvalue weighted by molar-refractivity contribution is 5.87. The second-order valence-electron chi connectivity index (χ2n) is 7.00. The number of amides is 2. The highest BCUT2D eigenvalue weighted by Gasteiger charge is 2.26. The summed E-state index contributed by atoms with van der Waals surface area (Å²) in [5.74, 6) is -0.459. The third-order valence-electron chi connectivity index (χ3n) is 4.73. The quantitative estimate of drug-likeness (QED) is 0.575. The first kappa shape index (κ1) is 22.0. The lowest BCUT2D eigenvalue weighted by atomic mass is 10.1. The average molecular weight is 421 g/mol. The van der Waals surface area contributed by atoms with Gasteiger partial charge in [-0.3, -0.25) is 14.6 Å². The Labute approximate surface area is 180 Å². The lowest BCUT2D eigenvalue weighted by Gasteiger charge is -2.28. The molecule has 3 rings (SSSR count). The summed E-state index contributed by atoms with van der Waals surface area (Å²) in [6.45, 7) is 1.89. The molecule has 0 spiro atoms. The van der Waals surface area contributed by atoms with E-state index in [9.17, 15) is 14.0 Å². The SMILES string of the molecule is C[C@H](C(=O)NCc1cccnc1)N(Cc1ccc(F)cc1)C(=O)COc1ccccc1. The number of carbonyl (C=O) groups excluding carboxylic acids is 2. The van der Waals surface area contributed by atoms with Crippen molar-refractivity contribution in [3.05, 3.63) is 96.1 Å². The summed E-state index contributed by atoms with van der Waals surface area (Å²) < 4.78 is 18.8. The van der Waals surface area contributed by atoms with Crippen molar-refractivity contribution in [1.82, 2.24) is 15.2 Å². The molecular weight excluding hydrogens is 397 g/mol. The molecule has 0 saturated carbocycles. The van der Waals surface area contributed by atoms with E-state index in [1.165, 1.54) is 17.0 Å². The molecule has 6 nitrogen and oxygen atoms in total. The fraction of sp³-hybridized carbons (Fsp3) is 0.208. The highest BCUT2D eigenvalue weighted by Crippen LogP contribution is 2.13. The average Bonchev–Trinajstić information content (AvgIpc) is 2.81. The van der Waals surface area contributed by atoms with E-state index < -0.39 is 6.04 Å². The fourth-order valence-corrected chi connectivity index (χ4v) is 2.95. The molecule has 1 heterocycles. The van der Waals surface area contributed by atoms with Crippen molar-refractivity contribution >= 4 is 11.8 Å². The number of ether oxygens (including phenoxy) is 1. The zero-order valence-electron chi connectivity index (χ0n) is 17.2. The number of carbonyl (C=O) groups is 2. The molecule has 160 valence electrons. The van der Waals surface area contributed by atoms with Crippen molar-refractivity contribution < 1.29 is 18.7 Å². The van der Waals surface area contributed by atoms with Gasteiger partial charge >= 0.3 is 0 Å². The van der Waals surface area contributed by atoms with Crippen LogP contribution in [0.15, 0.2) is 79.1 Å². The van der Waals surface area contributed by atoms with E-state index in [2.05, 4.69) is 10.3 Å². The maximum absolute atomic E-state index is 13.3. The van der Waals surface area contributed by atoms with Crippen molar-refractivity contribution in [2.75, 3.05) is 6.61 Å². The van der Waals surface area contributed by atoms with Gasteiger partial charge in [-0.15, -0.1) is 0 Å². The third kappa shape index (κ3) is 6.64. The van der Waals surface area contributed by atoms with Gasteiger partial charge in [-0.25, -0.2) is 4.39 Å². The van der Waals surface area contributed by atoms with Crippen LogP contribution in [-0.2, 0) is 22.7 Å². The second kappa shape index (κ2) is 10.9. The molecular formula is C24H24FN3O3. The Kier molecular flexibility index (Phi) is 7.70. The number of nitrogens with zero attached hydrogens (tertiary/aromatic N) is 2. The van der Waals surface area contributed by atoms with Crippen molar-refractivity contribution in [3.63, 3.8) is 0 Å². The van der Waals surface area contributed by atoms with Crippen LogP contribution in [0.4, 0.5) is 4.39 Å². The summed E-state index contributed by atoms with van der Waals surface area (Å²) in [5.41, 5.74) is 1.56. The van der Waals surface area contributed by atoms with Crippen LogP contribution >= 0.6 is 0 Å². The molecule has 0 aliphatic heterocycles. The summed E-state index contributed by atoms with van der Waals surface area (Å²) in [7, 11) is 0. The van der Waals surface area contributed by atoms with Crippen LogP contribution in [0.3, 0.4) is 0 Å². The molecule has 1 atom stereocenters. The third-order valence-corrected chi connectivity index (χ3v) is 4.73. The minimum Gasteiger partial charge on any atom is -0.484 e. The molecule has 0 bridgehead atoms. The molecule has 0 aliphatic rings. The summed E-state index contributed by atoms with van der Waals surface area (Å²) in [5, 5.41) is 2.83. The largest absolute Gasteiger partial charge is 0.484 e. The van der Waals surface area contributed by atoms with E-state index in [0.29, 0.717) is 17.9 Å². The first-order valence-corrected chi connectivity index (χ1v) is 9.91. The van der Waals surface area contributed by atoms with E-state index >= 15 is 0 Å². The van der Waals surface area contributed by atoms with Crippen molar-refractivity contribution in [1.29, 1.82) is 0 Å². The van der Waals surface area contributed by atoms with Gasteiger partial charge in [-0.1, -0.05) is 36.4 Å². The number of benzene rings is 2. The van der Waals surface area contributed by atoms with Crippen LogP contribution in [-0.4, -0.2) is 34.3 Å². The van der Waals surface area contributed by atoms with E-state index in [4.69, 9.17) is 4.74 Å². The van der Waals surface area contributed by atoms with Crippen LogP contribution in [0.5, 0.6) is 5.75 Å². The predicted octanol–water partition coefficient (Wildman–Crippen LogP) is 3.33. The van der Waals surface area contributed by atoms with Crippen molar-refractivity contribution in [3.8, 4) is 5.75 Å². The van der Waals surface area contributed by atoms with Crippen LogP contribution in [0.2, 0.25) is 0 Å². The molecule has 2 aromatic carbocycles. The number of halogens is 1. The Morgan fingerprint density at radius 1 is 1.03 bits per heavy atom. The normalized spacial score (nSPS) is 11.4. The lowest BCUT2D eigenvalue weighted by Crippen LogP contribution is -2.48. The van der Waals surface area contributed by atoms with Gasteiger partial charge in [0.15, 0.2) is 6.61 Å². The van der Waals surface area contributed by atoms with Gasteiger partial charge in [0.2, 0.25) is 5.91 Å². The number of hydrogen-bond acceptors (Lipinski definition) is 4. The maximum atomic E-state index is 13.3. The monoisotopic (exact) mass is 421 g/mol. The second-order valence-corrected chi connectivity index (χ2v) is 7.00. The summed E-state index contributed by atoms with van der Waals surface area (Å²) in [4.78, 5) is 31.1. The van der Waals surface area contributed by atoms with E-state index in [1.807, 2.05) is 24.3 Å². The number of rotatable bonds is 9. The Morgan fingerprint density at radius 3 is 2.45 bits per heavy atom. The van der Waals surface area contributed by atoms with Gasteiger partial charge in [0.1, 0.15) is 17.6 Å². The highest BCUT2D eigenvalue weighted by atomic mass is 19.1. The van der Waals surface area contributed by atoms with E-state index in [1.54, 1.807) is 49.6 Å². The first-order chi connectivity index (χ1) is 15.0. The molecule has 3 aromatic rings. The Bertz CT molecular complexity index is 982. The molecule has 0 unspecified atom stereocenters. The van der Waals surface area contributed by atoms with Gasteiger partial charge in [-0.05, 0) is 48.4 Å². The van der Waals surface area contributed by atoms with Gasteiger partial charge in [-0.2, -0.15) is 0 Å². The number of pyridine rings is 1. The zero-order chi connectivity index (χ0) is 22.1. The number of nitrogens with one attached hydrogen (secondary N) is 1. The molecule has 1 N–H and O–H groups in total. The standard InChI is InChI=1S/C24H24FN3O3/c1-18(24(30)27-15-20-6-5-13-26-14-20)28(16-19-9-11-21(25)12-10-19)23(29)17-31-22-7-3-2-4-8-22/h2-14,18H,15-17H2,1H3,(H,27,30)/t18-/m1/s1. The first-order valence-electron chi connectivity index (χ1n) is 9.91. The number of para-hydroxylation sites is 1. The summed E-state index contributed by atoms with van der Waals surface area (Å²) in [6, 6.07) is 17.7. The van der Waals surface area contributed by atoms with Gasteiger partial charge < -0.3 is 15.0 Å². The van der Waals surface area contributed by atoms with E-state index in [-0.39, 0.29) is 30.8 Å². The smallest absolute Gasteiger partial charge is 0.261 e. The molecule has 0 fully saturated rings. The van der Waals surface area contributed by atoms with Crippen molar-refractivity contribution in [2.45, 2.75) is 26.1 Å².